The number of hydrogen-bond acceptors (Lipinski definition) is 3. The van der Waals surface area contributed by atoms with E-state index in [4.69, 9.17) is 0 Å². The summed E-state index contributed by atoms with van der Waals surface area (Å²) in [6.07, 6.45) is 20.5. The average Bonchev–Trinajstić information content (AvgIpc) is 2.57. The van der Waals surface area contributed by atoms with Crippen molar-refractivity contribution < 1.29 is 14.4 Å². The standard InChI is InChI=1S/C22H39NO3/c1-4-5-6-7-8-9-10-11-12-13-14-15-16-17-18-19-22(26)23(20(2)24)21(3)25/h11-12H,4-10,13-19H2,1-3H3. The predicted octanol–water partition coefficient (Wildman–Crippen LogP) is 5.95. The van der Waals surface area contributed by atoms with E-state index in [1.807, 2.05) is 0 Å². The van der Waals surface area contributed by atoms with Crippen LogP contribution in [0, 0.1) is 0 Å². The quantitative estimate of drug-likeness (QED) is 0.266. The average molecular weight is 366 g/mol. The van der Waals surface area contributed by atoms with Crippen molar-refractivity contribution in [2.45, 2.75) is 111 Å². The van der Waals surface area contributed by atoms with Crippen LogP contribution < -0.4 is 0 Å². The van der Waals surface area contributed by atoms with Gasteiger partial charge in [0.05, 0.1) is 0 Å². The fraction of sp³-hybridized carbons (Fsp3) is 0.773. The largest absolute Gasteiger partial charge is 0.274 e. The monoisotopic (exact) mass is 365 g/mol. The van der Waals surface area contributed by atoms with E-state index in [9.17, 15) is 14.4 Å². The maximum atomic E-state index is 11.8. The van der Waals surface area contributed by atoms with Gasteiger partial charge in [-0.15, -0.1) is 0 Å². The second kappa shape index (κ2) is 17.0. The van der Waals surface area contributed by atoms with Crippen molar-refractivity contribution in [2.75, 3.05) is 0 Å². The van der Waals surface area contributed by atoms with E-state index in [1.165, 1.54) is 71.6 Å². The summed E-state index contributed by atoms with van der Waals surface area (Å²) in [5.41, 5.74) is 0. The maximum Gasteiger partial charge on any atom is 0.236 e. The minimum absolute atomic E-state index is 0.275. The third-order valence-electron chi connectivity index (χ3n) is 4.53. The first kappa shape index (κ1) is 24.6. The summed E-state index contributed by atoms with van der Waals surface area (Å²) in [5.74, 6) is -1.35. The van der Waals surface area contributed by atoms with E-state index < -0.39 is 11.8 Å². The molecule has 0 fully saturated rings. The smallest absolute Gasteiger partial charge is 0.236 e. The number of allylic oxidation sites excluding steroid dienone is 2. The van der Waals surface area contributed by atoms with Crippen molar-refractivity contribution in [1.29, 1.82) is 0 Å². The first-order valence-corrected chi connectivity index (χ1v) is 10.5. The molecule has 0 saturated carbocycles. The van der Waals surface area contributed by atoms with E-state index in [2.05, 4.69) is 19.1 Å². The van der Waals surface area contributed by atoms with Crippen LogP contribution in [0.3, 0.4) is 0 Å². The zero-order valence-electron chi connectivity index (χ0n) is 17.2. The van der Waals surface area contributed by atoms with Gasteiger partial charge in [-0.25, -0.2) is 4.90 Å². The van der Waals surface area contributed by atoms with Crippen molar-refractivity contribution in [1.82, 2.24) is 4.90 Å². The Bertz CT molecular complexity index is 415. The van der Waals surface area contributed by atoms with E-state index in [0.717, 1.165) is 30.6 Å². The molecule has 0 spiro atoms. The van der Waals surface area contributed by atoms with Crippen molar-refractivity contribution in [2.24, 2.45) is 0 Å². The molecule has 150 valence electrons. The highest BCUT2D eigenvalue weighted by Gasteiger charge is 2.21. The third-order valence-corrected chi connectivity index (χ3v) is 4.53. The Morgan fingerprint density at radius 2 is 1.08 bits per heavy atom. The van der Waals surface area contributed by atoms with Gasteiger partial charge in [-0.3, -0.25) is 14.4 Å². The number of carbonyl (C=O) groups excluding carboxylic acids is 3. The lowest BCUT2D eigenvalue weighted by Gasteiger charge is -2.14. The van der Waals surface area contributed by atoms with E-state index >= 15 is 0 Å². The van der Waals surface area contributed by atoms with Gasteiger partial charge in [0, 0.05) is 20.3 Å². The van der Waals surface area contributed by atoms with Crippen LogP contribution >= 0.6 is 0 Å². The molecule has 0 bridgehead atoms. The molecular weight excluding hydrogens is 326 g/mol. The van der Waals surface area contributed by atoms with Crippen LogP contribution in [-0.2, 0) is 14.4 Å². The molecule has 0 N–H and O–H groups in total. The molecule has 4 nitrogen and oxygen atoms in total. The number of nitrogens with zero attached hydrogens (tertiary/aromatic N) is 1. The van der Waals surface area contributed by atoms with E-state index in [1.54, 1.807) is 0 Å². The molecule has 0 aliphatic rings. The Kier molecular flexibility index (Phi) is 16.0. The first-order chi connectivity index (χ1) is 12.5. The summed E-state index contributed by atoms with van der Waals surface area (Å²) in [5, 5.41) is 0. The molecule has 0 saturated heterocycles. The lowest BCUT2D eigenvalue weighted by atomic mass is 10.1. The lowest BCUT2D eigenvalue weighted by molar-refractivity contribution is -0.152. The van der Waals surface area contributed by atoms with E-state index in [0.29, 0.717) is 0 Å². The van der Waals surface area contributed by atoms with Gasteiger partial charge in [0.15, 0.2) is 0 Å². The second-order valence-corrected chi connectivity index (χ2v) is 7.10. The van der Waals surface area contributed by atoms with Crippen LogP contribution in [0.15, 0.2) is 12.2 Å². The molecule has 26 heavy (non-hydrogen) atoms. The van der Waals surface area contributed by atoms with Crippen molar-refractivity contribution >= 4 is 17.7 Å². The van der Waals surface area contributed by atoms with Crippen LogP contribution in [-0.4, -0.2) is 22.6 Å². The Balaban J connectivity index is 3.48. The number of carbonyl (C=O) groups is 3. The van der Waals surface area contributed by atoms with Crippen molar-refractivity contribution in [3.63, 3.8) is 0 Å². The predicted molar refractivity (Wildman–Crippen MR) is 108 cm³/mol. The molecule has 3 amide bonds. The molecule has 0 atom stereocenters. The normalized spacial score (nSPS) is 11.0. The van der Waals surface area contributed by atoms with Gasteiger partial charge in [0.2, 0.25) is 17.7 Å². The number of rotatable bonds is 15. The van der Waals surface area contributed by atoms with Gasteiger partial charge in [0.1, 0.15) is 0 Å². The van der Waals surface area contributed by atoms with Crippen molar-refractivity contribution in [3.05, 3.63) is 12.2 Å². The van der Waals surface area contributed by atoms with Crippen molar-refractivity contribution in [3.8, 4) is 0 Å². The van der Waals surface area contributed by atoms with Crippen LogP contribution in [0.5, 0.6) is 0 Å². The van der Waals surface area contributed by atoms with Gasteiger partial charge in [-0.1, -0.05) is 70.4 Å². The molecule has 0 unspecified atom stereocenters. The SMILES string of the molecule is CCCCCCCCC=CCCCCCCCC(=O)N(C(C)=O)C(C)=O. The highest BCUT2D eigenvalue weighted by atomic mass is 16.2. The third kappa shape index (κ3) is 13.8. The summed E-state index contributed by atoms with van der Waals surface area (Å²) in [7, 11) is 0. The zero-order valence-corrected chi connectivity index (χ0v) is 17.2. The van der Waals surface area contributed by atoms with Gasteiger partial charge in [-0.05, 0) is 32.1 Å². The fourth-order valence-electron chi connectivity index (χ4n) is 3.03. The van der Waals surface area contributed by atoms with Crippen LogP contribution in [0.1, 0.15) is 111 Å². The molecule has 0 aromatic carbocycles. The molecular formula is C22H39NO3. The zero-order chi connectivity index (χ0) is 19.6. The lowest BCUT2D eigenvalue weighted by Crippen LogP contribution is -2.38. The Labute approximate surface area is 160 Å². The highest BCUT2D eigenvalue weighted by molar-refractivity contribution is 6.09. The molecule has 4 heteroatoms. The number of amides is 3. The van der Waals surface area contributed by atoms with Crippen LogP contribution in [0.25, 0.3) is 0 Å². The Hall–Kier alpha value is -1.45. The summed E-state index contributed by atoms with van der Waals surface area (Å²) in [4.78, 5) is 35.1. The number of imide groups is 3. The first-order valence-electron chi connectivity index (χ1n) is 10.5. The topological polar surface area (TPSA) is 54.5 Å². The molecule has 0 rings (SSSR count). The second-order valence-electron chi connectivity index (χ2n) is 7.10. The molecule has 0 aliphatic carbocycles. The fourth-order valence-corrected chi connectivity index (χ4v) is 3.03. The number of unbranched alkanes of at least 4 members (excludes halogenated alkanes) is 11. The van der Waals surface area contributed by atoms with Gasteiger partial charge in [-0.2, -0.15) is 0 Å². The van der Waals surface area contributed by atoms with E-state index in [-0.39, 0.29) is 12.3 Å². The van der Waals surface area contributed by atoms with Crippen LogP contribution in [0.2, 0.25) is 0 Å². The Morgan fingerprint density at radius 3 is 1.54 bits per heavy atom. The summed E-state index contributed by atoms with van der Waals surface area (Å²) in [6.45, 7) is 4.75. The summed E-state index contributed by atoms with van der Waals surface area (Å²) in [6, 6.07) is 0. The summed E-state index contributed by atoms with van der Waals surface area (Å²) < 4.78 is 0. The minimum atomic E-state index is -0.491. The molecule has 0 aliphatic heterocycles. The van der Waals surface area contributed by atoms with Gasteiger partial charge in [0.25, 0.3) is 0 Å². The minimum Gasteiger partial charge on any atom is -0.274 e. The van der Waals surface area contributed by atoms with Gasteiger partial charge < -0.3 is 0 Å². The number of hydrogen-bond donors (Lipinski definition) is 0. The Morgan fingerprint density at radius 1 is 0.654 bits per heavy atom. The molecule has 0 radical (unpaired) electrons. The van der Waals surface area contributed by atoms with Gasteiger partial charge >= 0.3 is 0 Å². The molecule has 0 aromatic rings. The summed E-state index contributed by atoms with van der Waals surface area (Å²) >= 11 is 0. The maximum absolute atomic E-state index is 11.8. The van der Waals surface area contributed by atoms with Crippen LogP contribution in [0.4, 0.5) is 0 Å². The highest BCUT2D eigenvalue weighted by Crippen LogP contribution is 2.10. The molecule has 0 heterocycles. The molecule has 0 aromatic heterocycles.